The third-order valence-corrected chi connectivity index (χ3v) is 4.62. The Labute approximate surface area is 111 Å². The third kappa shape index (κ3) is 3.69. The minimum absolute atomic E-state index is 0.118. The molecule has 0 aromatic carbocycles. The largest absolute Gasteiger partial charge is 0.392 e. The van der Waals surface area contributed by atoms with Crippen LogP contribution in [0, 0.1) is 5.92 Å². The second-order valence-corrected chi connectivity index (χ2v) is 6.12. The SMILES string of the molecule is CCCNCC(O)C1CCOC2(CCCCC2)C1. The summed E-state index contributed by atoms with van der Waals surface area (Å²) >= 11 is 0. The number of aliphatic hydroxyl groups excluding tert-OH is 1. The van der Waals surface area contributed by atoms with Crippen molar-refractivity contribution in [3.05, 3.63) is 0 Å². The predicted octanol–water partition coefficient (Wildman–Crippen LogP) is 2.48. The van der Waals surface area contributed by atoms with E-state index in [0.717, 1.165) is 39.0 Å². The maximum atomic E-state index is 10.3. The summed E-state index contributed by atoms with van der Waals surface area (Å²) in [6, 6.07) is 0. The van der Waals surface area contributed by atoms with Crippen molar-refractivity contribution in [1.29, 1.82) is 0 Å². The van der Waals surface area contributed by atoms with Crippen LogP contribution in [0.25, 0.3) is 0 Å². The molecule has 1 heterocycles. The highest BCUT2D eigenvalue weighted by Gasteiger charge is 2.40. The first-order valence-corrected chi connectivity index (χ1v) is 7.78. The van der Waals surface area contributed by atoms with E-state index in [-0.39, 0.29) is 11.7 Å². The summed E-state index contributed by atoms with van der Waals surface area (Å²) in [7, 11) is 0. The Balaban J connectivity index is 1.81. The van der Waals surface area contributed by atoms with Crippen LogP contribution >= 0.6 is 0 Å². The standard InChI is InChI=1S/C15H29NO2/c1-2-9-16-12-14(17)13-6-10-18-15(11-13)7-4-3-5-8-15/h13-14,16-17H,2-12H2,1H3. The molecular formula is C15H29NO2. The predicted molar refractivity (Wildman–Crippen MR) is 73.7 cm³/mol. The van der Waals surface area contributed by atoms with Crippen LogP contribution in [-0.2, 0) is 4.74 Å². The molecule has 0 amide bonds. The first-order valence-electron chi connectivity index (χ1n) is 7.78. The molecule has 2 rings (SSSR count). The lowest BCUT2D eigenvalue weighted by Crippen LogP contribution is -2.46. The summed E-state index contributed by atoms with van der Waals surface area (Å²) in [5.74, 6) is 0.432. The van der Waals surface area contributed by atoms with Gasteiger partial charge in [0, 0.05) is 13.2 Å². The number of hydrogen-bond donors (Lipinski definition) is 2. The van der Waals surface area contributed by atoms with Crippen LogP contribution in [0.4, 0.5) is 0 Å². The molecule has 0 aromatic heterocycles. The molecule has 2 atom stereocenters. The lowest BCUT2D eigenvalue weighted by molar-refractivity contribution is -0.133. The van der Waals surface area contributed by atoms with Gasteiger partial charge < -0.3 is 15.2 Å². The van der Waals surface area contributed by atoms with Crippen LogP contribution in [0.1, 0.15) is 58.3 Å². The number of nitrogens with one attached hydrogen (secondary N) is 1. The van der Waals surface area contributed by atoms with E-state index in [1.165, 1.54) is 32.1 Å². The van der Waals surface area contributed by atoms with Gasteiger partial charge in [-0.2, -0.15) is 0 Å². The second-order valence-electron chi connectivity index (χ2n) is 6.12. The summed E-state index contributed by atoms with van der Waals surface area (Å²) in [5.41, 5.74) is 0.118. The van der Waals surface area contributed by atoms with Gasteiger partial charge in [-0.05, 0) is 44.6 Å². The molecule has 0 bridgehead atoms. The fraction of sp³-hybridized carbons (Fsp3) is 1.00. The Bertz CT molecular complexity index is 233. The van der Waals surface area contributed by atoms with Gasteiger partial charge in [0.25, 0.3) is 0 Å². The van der Waals surface area contributed by atoms with Gasteiger partial charge in [-0.15, -0.1) is 0 Å². The zero-order valence-corrected chi connectivity index (χ0v) is 11.8. The van der Waals surface area contributed by atoms with E-state index >= 15 is 0 Å². The van der Waals surface area contributed by atoms with Gasteiger partial charge in [0.05, 0.1) is 11.7 Å². The highest BCUT2D eigenvalue weighted by Crippen LogP contribution is 2.41. The maximum absolute atomic E-state index is 10.3. The molecule has 2 aliphatic rings. The van der Waals surface area contributed by atoms with Crippen LogP contribution in [0.5, 0.6) is 0 Å². The third-order valence-electron chi connectivity index (χ3n) is 4.62. The van der Waals surface area contributed by atoms with Crippen LogP contribution in [0.2, 0.25) is 0 Å². The van der Waals surface area contributed by atoms with Gasteiger partial charge in [-0.25, -0.2) is 0 Å². The first-order chi connectivity index (χ1) is 8.76. The Morgan fingerprint density at radius 3 is 2.83 bits per heavy atom. The van der Waals surface area contributed by atoms with Gasteiger partial charge in [-0.3, -0.25) is 0 Å². The number of ether oxygens (including phenoxy) is 1. The molecule has 106 valence electrons. The molecule has 18 heavy (non-hydrogen) atoms. The maximum Gasteiger partial charge on any atom is 0.0694 e. The molecule has 3 heteroatoms. The summed E-state index contributed by atoms with van der Waals surface area (Å²) in [6.45, 7) is 4.75. The monoisotopic (exact) mass is 255 g/mol. The smallest absolute Gasteiger partial charge is 0.0694 e. The summed E-state index contributed by atoms with van der Waals surface area (Å²) in [4.78, 5) is 0. The van der Waals surface area contributed by atoms with Crippen molar-refractivity contribution in [2.24, 2.45) is 5.92 Å². The fourth-order valence-electron chi connectivity index (χ4n) is 3.53. The highest BCUT2D eigenvalue weighted by atomic mass is 16.5. The van der Waals surface area contributed by atoms with Gasteiger partial charge >= 0.3 is 0 Å². The van der Waals surface area contributed by atoms with Crippen LogP contribution in [-0.4, -0.2) is 36.5 Å². The van der Waals surface area contributed by atoms with Crippen molar-refractivity contribution in [2.45, 2.75) is 70.0 Å². The Hall–Kier alpha value is -0.120. The molecule has 1 aliphatic heterocycles. The molecule has 1 saturated carbocycles. The van der Waals surface area contributed by atoms with Gasteiger partial charge in [0.15, 0.2) is 0 Å². The average molecular weight is 255 g/mol. The number of hydrogen-bond acceptors (Lipinski definition) is 3. The lowest BCUT2D eigenvalue weighted by Gasteiger charge is -2.44. The zero-order chi connectivity index (χ0) is 12.8. The Kier molecular flexibility index (Phi) is 5.46. The normalized spacial score (nSPS) is 29.3. The molecule has 3 nitrogen and oxygen atoms in total. The van der Waals surface area contributed by atoms with E-state index in [1.807, 2.05) is 0 Å². The van der Waals surface area contributed by atoms with Crippen molar-refractivity contribution in [3.63, 3.8) is 0 Å². The zero-order valence-electron chi connectivity index (χ0n) is 11.8. The van der Waals surface area contributed by atoms with Crippen molar-refractivity contribution in [3.8, 4) is 0 Å². The van der Waals surface area contributed by atoms with Gasteiger partial charge in [-0.1, -0.05) is 26.2 Å². The quantitative estimate of drug-likeness (QED) is 0.742. The summed E-state index contributed by atoms with van der Waals surface area (Å²) in [5, 5.41) is 13.6. The van der Waals surface area contributed by atoms with Crippen molar-refractivity contribution in [1.82, 2.24) is 5.32 Å². The topological polar surface area (TPSA) is 41.5 Å². The van der Waals surface area contributed by atoms with E-state index in [4.69, 9.17) is 4.74 Å². The van der Waals surface area contributed by atoms with Crippen LogP contribution < -0.4 is 5.32 Å². The van der Waals surface area contributed by atoms with Crippen molar-refractivity contribution < 1.29 is 9.84 Å². The van der Waals surface area contributed by atoms with Gasteiger partial charge in [0.2, 0.25) is 0 Å². The van der Waals surface area contributed by atoms with E-state index in [0.29, 0.717) is 5.92 Å². The van der Waals surface area contributed by atoms with Gasteiger partial charge in [0.1, 0.15) is 0 Å². The minimum atomic E-state index is -0.195. The lowest BCUT2D eigenvalue weighted by atomic mass is 9.74. The molecule has 2 N–H and O–H groups in total. The van der Waals surface area contributed by atoms with Crippen LogP contribution in [0.15, 0.2) is 0 Å². The number of aliphatic hydroxyl groups is 1. The highest BCUT2D eigenvalue weighted by molar-refractivity contribution is 4.91. The molecule has 1 spiro atoms. The molecule has 1 saturated heterocycles. The average Bonchev–Trinajstić information content (AvgIpc) is 2.40. The molecule has 0 radical (unpaired) electrons. The van der Waals surface area contributed by atoms with E-state index < -0.39 is 0 Å². The Morgan fingerprint density at radius 2 is 2.11 bits per heavy atom. The van der Waals surface area contributed by atoms with E-state index in [1.54, 1.807) is 0 Å². The molecule has 2 unspecified atom stereocenters. The molecule has 2 fully saturated rings. The second kappa shape index (κ2) is 6.88. The molecule has 1 aliphatic carbocycles. The van der Waals surface area contributed by atoms with Crippen LogP contribution in [0.3, 0.4) is 0 Å². The molecule has 0 aromatic rings. The minimum Gasteiger partial charge on any atom is -0.392 e. The summed E-state index contributed by atoms with van der Waals surface area (Å²) in [6.07, 6.45) is 9.41. The van der Waals surface area contributed by atoms with Crippen molar-refractivity contribution in [2.75, 3.05) is 19.7 Å². The van der Waals surface area contributed by atoms with Crippen molar-refractivity contribution >= 4 is 0 Å². The molecular weight excluding hydrogens is 226 g/mol. The summed E-state index contributed by atoms with van der Waals surface area (Å²) < 4.78 is 6.08. The van der Waals surface area contributed by atoms with E-state index in [9.17, 15) is 5.11 Å². The first kappa shape index (κ1) is 14.3. The number of rotatable bonds is 5. The van der Waals surface area contributed by atoms with E-state index in [2.05, 4.69) is 12.2 Å². The fourth-order valence-corrected chi connectivity index (χ4v) is 3.53. The Morgan fingerprint density at radius 1 is 1.33 bits per heavy atom.